The maximum atomic E-state index is 11.8. The van der Waals surface area contributed by atoms with E-state index in [4.69, 9.17) is 5.11 Å². The topological polar surface area (TPSA) is 104 Å². The third-order valence-corrected chi connectivity index (χ3v) is 2.99. The molecule has 112 valence electrons. The predicted octanol–water partition coefficient (Wildman–Crippen LogP) is -0.548. The lowest BCUT2D eigenvalue weighted by Gasteiger charge is -2.24. The number of rotatable bonds is 7. The van der Waals surface area contributed by atoms with Crippen LogP contribution in [0.5, 0.6) is 0 Å². The second kappa shape index (κ2) is 7.04. The molecule has 0 radical (unpaired) electrons. The van der Waals surface area contributed by atoms with Crippen molar-refractivity contribution in [2.75, 3.05) is 13.2 Å². The highest BCUT2D eigenvalue weighted by atomic mass is 16.3. The van der Waals surface area contributed by atoms with E-state index in [0.29, 0.717) is 13.0 Å². The Labute approximate surface area is 116 Å². The van der Waals surface area contributed by atoms with Crippen molar-refractivity contribution in [1.82, 2.24) is 14.9 Å². The van der Waals surface area contributed by atoms with Gasteiger partial charge in [-0.15, -0.1) is 0 Å². The summed E-state index contributed by atoms with van der Waals surface area (Å²) in [4.78, 5) is 36.2. The second-order valence-corrected chi connectivity index (χ2v) is 5.51. The lowest BCUT2D eigenvalue weighted by Crippen LogP contribution is -2.39. The molecule has 1 aromatic rings. The molecular formula is C13H21N3O4. The minimum Gasteiger partial charge on any atom is -0.396 e. The van der Waals surface area contributed by atoms with Gasteiger partial charge in [-0.05, 0) is 18.3 Å². The third kappa shape index (κ3) is 5.40. The van der Waals surface area contributed by atoms with Gasteiger partial charge >= 0.3 is 5.69 Å². The van der Waals surface area contributed by atoms with E-state index in [2.05, 4.69) is 10.3 Å². The molecule has 0 atom stereocenters. The van der Waals surface area contributed by atoms with Crippen molar-refractivity contribution in [3.8, 4) is 0 Å². The van der Waals surface area contributed by atoms with Crippen LogP contribution in [0, 0.1) is 5.41 Å². The van der Waals surface area contributed by atoms with Gasteiger partial charge < -0.3 is 10.4 Å². The SMILES string of the molecule is CC(C)(CCCO)CNC(=O)Cn1ccc(=O)[nH]c1=O. The van der Waals surface area contributed by atoms with Gasteiger partial charge in [0.1, 0.15) is 6.54 Å². The smallest absolute Gasteiger partial charge is 0.328 e. The highest BCUT2D eigenvalue weighted by Crippen LogP contribution is 2.20. The molecule has 0 aliphatic carbocycles. The molecule has 0 fully saturated rings. The summed E-state index contributed by atoms with van der Waals surface area (Å²) in [6, 6.07) is 1.19. The van der Waals surface area contributed by atoms with Gasteiger partial charge in [-0.25, -0.2) is 4.79 Å². The summed E-state index contributed by atoms with van der Waals surface area (Å²) in [5.41, 5.74) is -1.21. The Morgan fingerprint density at radius 1 is 1.45 bits per heavy atom. The fourth-order valence-corrected chi connectivity index (χ4v) is 1.76. The lowest BCUT2D eigenvalue weighted by atomic mass is 9.88. The highest BCUT2D eigenvalue weighted by Gasteiger charge is 2.18. The number of hydrogen-bond acceptors (Lipinski definition) is 4. The van der Waals surface area contributed by atoms with E-state index in [-0.39, 0.29) is 24.5 Å². The quantitative estimate of drug-likeness (QED) is 0.624. The number of hydrogen-bond donors (Lipinski definition) is 3. The lowest BCUT2D eigenvalue weighted by molar-refractivity contribution is -0.122. The van der Waals surface area contributed by atoms with Crippen LogP contribution >= 0.6 is 0 Å². The first-order chi connectivity index (χ1) is 9.34. The molecule has 0 unspecified atom stereocenters. The molecule has 0 spiro atoms. The van der Waals surface area contributed by atoms with Crippen LogP contribution in [-0.2, 0) is 11.3 Å². The van der Waals surface area contributed by atoms with Crippen molar-refractivity contribution in [2.24, 2.45) is 5.41 Å². The first-order valence-electron chi connectivity index (χ1n) is 6.51. The molecule has 20 heavy (non-hydrogen) atoms. The number of aromatic nitrogens is 2. The number of aliphatic hydroxyl groups is 1. The third-order valence-electron chi connectivity index (χ3n) is 2.99. The molecule has 0 saturated heterocycles. The zero-order valence-electron chi connectivity index (χ0n) is 11.8. The normalized spacial score (nSPS) is 11.3. The molecule has 1 amide bonds. The summed E-state index contributed by atoms with van der Waals surface area (Å²) in [7, 11) is 0. The molecule has 0 aliphatic heterocycles. The molecule has 7 nitrogen and oxygen atoms in total. The number of nitrogens with zero attached hydrogens (tertiary/aromatic N) is 1. The molecule has 1 rings (SSSR count). The molecule has 1 aromatic heterocycles. The molecular weight excluding hydrogens is 262 g/mol. The van der Waals surface area contributed by atoms with Crippen molar-refractivity contribution in [2.45, 2.75) is 33.2 Å². The molecule has 0 aromatic carbocycles. The summed E-state index contributed by atoms with van der Waals surface area (Å²) in [5.74, 6) is -0.295. The van der Waals surface area contributed by atoms with Crippen LogP contribution in [0.25, 0.3) is 0 Å². The van der Waals surface area contributed by atoms with E-state index in [1.807, 2.05) is 13.8 Å². The second-order valence-electron chi connectivity index (χ2n) is 5.51. The van der Waals surface area contributed by atoms with Gasteiger partial charge in [0.2, 0.25) is 5.91 Å². The van der Waals surface area contributed by atoms with E-state index in [1.54, 1.807) is 0 Å². The van der Waals surface area contributed by atoms with Crippen LogP contribution in [-0.4, -0.2) is 33.7 Å². The number of aromatic amines is 1. The van der Waals surface area contributed by atoms with E-state index < -0.39 is 11.2 Å². The Morgan fingerprint density at radius 2 is 2.15 bits per heavy atom. The molecule has 0 saturated carbocycles. The zero-order valence-corrected chi connectivity index (χ0v) is 11.8. The van der Waals surface area contributed by atoms with E-state index in [1.165, 1.54) is 12.3 Å². The summed E-state index contributed by atoms with van der Waals surface area (Å²) in [6.07, 6.45) is 2.77. The van der Waals surface area contributed by atoms with Gasteiger partial charge in [-0.3, -0.25) is 19.1 Å². The van der Waals surface area contributed by atoms with Gasteiger partial charge in [0.25, 0.3) is 5.56 Å². The summed E-state index contributed by atoms with van der Waals surface area (Å²) >= 11 is 0. The first kappa shape index (κ1) is 16.2. The van der Waals surface area contributed by atoms with Crippen LogP contribution in [0.15, 0.2) is 21.9 Å². The Bertz CT molecular complexity index is 559. The Balaban J connectivity index is 2.52. The fourth-order valence-electron chi connectivity index (χ4n) is 1.76. The standard InChI is InChI=1S/C13H21N3O4/c1-13(2,5-3-7-17)9-14-11(19)8-16-6-4-10(18)15-12(16)20/h4,6,17H,3,5,7-9H2,1-2H3,(H,14,19)(H,15,18,20). The number of carbonyl (C=O) groups excluding carboxylic acids is 1. The minimum atomic E-state index is -0.604. The number of carbonyl (C=O) groups is 1. The highest BCUT2D eigenvalue weighted by molar-refractivity contribution is 5.75. The average molecular weight is 283 g/mol. The largest absolute Gasteiger partial charge is 0.396 e. The van der Waals surface area contributed by atoms with Gasteiger partial charge in [-0.1, -0.05) is 13.8 Å². The number of H-pyrrole nitrogens is 1. The van der Waals surface area contributed by atoms with Gasteiger partial charge in [0, 0.05) is 25.4 Å². The van der Waals surface area contributed by atoms with Crippen molar-refractivity contribution < 1.29 is 9.90 Å². The molecule has 0 aliphatic rings. The number of amides is 1. The van der Waals surface area contributed by atoms with Gasteiger partial charge in [0.05, 0.1) is 0 Å². The van der Waals surface area contributed by atoms with Crippen LogP contribution in [0.2, 0.25) is 0 Å². The predicted molar refractivity (Wildman–Crippen MR) is 74.4 cm³/mol. The van der Waals surface area contributed by atoms with Crippen LogP contribution < -0.4 is 16.6 Å². The number of nitrogens with one attached hydrogen (secondary N) is 2. The van der Waals surface area contributed by atoms with Crippen LogP contribution in [0.1, 0.15) is 26.7 Å². The summed E-state index contributed by atoms with van der Waals surface area (Å²) < 4.78 is 1.14. The minimum absolute atomic E-state index is 0.117. The Morgan fingerprint density at radius 3 is 2.75 bits per heavy atom. The van der Waals surface area contributed by atoms with Gasteiger partial charge in [0.15, 0.2) is 0 Å². The van der Waals surface area contributed by atoms with E-state index in [9.17, 15) is 14.4 Å². The van der Waals surface area contributed by atoms with Gasteiger partial charge in [-0.2, -0.15) is 0 Å². The summed E-state index contributed by atoms with van der Waals surface area (Å²) in [6.45, 7) is 4.45. The molecule has 0 bridgehead atoms. The van der Waals surface area contributed by atoms with E-state index >= 15 is 0 Å². The zero-order chi connectivity index (χ0) is 15.2. The Kier molecular flexibility index (Phi) is 5.69. The van der Waals surface area contributed by atoms with Crippen molar-refractivity contribution in [3.63, 3.8) is 0 Å². The maximum Gasteiger partial charge on any atom is 0.328 e. The maximum absolute atomic E-state index is 11.8. The molecule has 3 N–H and O–H groups in total. The van der Waals surface area contributed by atoms with E-state index in [0.717, 1.165) is 11.0 Å². The Hall–Kier alpha value is -1.89. The molecule has 7 heteroatoms. The van der Waals surface area contributed by atoms with Crippen LogP contribution in [0.3, 0.4) is 0 Å². The first-order valence-corrected chi connectivity index (χ1v) is 6.51. The monoisotopic (exact) mass is 283 g/mol. The molecule has 1 heterocycles. The fraction of sp³-hybridized carbons (Fsp3) is 0.615. The van der Waals surface area contributed by atoms with Crippen LogP contribution in [0.4, 0.5) is 0 Å². The number of aliphatic hydroxyl groups excluding tert-OH is 1. The van der Waals surface area contributed by atoms with Crippen molar-refractivity contribution >= 4 is 5.91 Å². The van der Waals surface area contributed by atoms with Crippen molar-refractivity contribution in [1.29, 1.82) is 0 Å². The summed E-state index contributed by atoms with van der Waals surface area (Å²) in [5, 5.41) is 11.6. The van der Waals surface area contributed by atoms with Crippen molar-refractivity contribution in [3.05, 3.63) is 33.1 Å². The average Bonchev–Trinajstić information content (AvgIpc) is 2.38.